The summed E-state index contributed by atoms with van der Waals surface area (Å²) in [6, 6.07) is 0.329. The van der Waals surface area contributed by atoms with E-state index in [1.54, 1.807) is 10.9 Å². The normalized spacial score (nSPS) is 40.8. The van der Waals surface area contributed by atoms with E-state index < -0.39 is 16.9 Å². The van der Waals surface area contributed by atoms with Gasteiger partial charge in [0.1, 0.15) is 5.02 Å². The van der Waals surface area contributed by atoms with E-state index >= 15 is 0 Å². The van der Waals surface area contributed by atoms with Gasteiger partial charge in [-0.05, 0) is 82.0 Å². The highest BCUT2D eigenvalue weighted by molar-refractivity contribution is 6.32. The van der Waals surface area contributed by atoms with Crippen LogP contribution in [0.1, 0.15) is 71.1 Å². The summed E-state index contributed by atoms with van der Waals surface area (Å²) in [6.45, 7) is 2.28. The second-order valence-electron chi connectivity index (χ2n) is 10.5. The number of nitrogens with one attached hydrogen (secondary N) is 1. The Labute approximate surface area is 176 Å². The smallest absolute Gasteiger partial charge is 0.309 e. The molecule has 0 amide bonds. The molecule has 5 saturated carbocycles. The fraction of sp³-hybridized carbons (Fsp3) is 0.773. The molecule has 6 rings (SSSR count). The van der Waals surface area contributed by atoms with Crippen LogP contribution < -0.4 is 10.9 Å². The third-order valence-corrected chi connectivity index (χ3v) is 8.59. The van der Waals surface area contributed by atoms with Gasteiger partial charge in [0, 0.05) is 6.04 Å². The standard InChI is InChI=1S/C22H30ClN3O3/c1-13-2-4-16(5-3-13)25-17-11-24-26(19(27)18(17)23)22-9-14-6-15(10-22)8-21(7-14,12-22)20(28)29/h11,13-16,25H,2-10,12H2,1H3,(H,28,29). The molecule has 5 fully saturated rings. The summed E-state index contributed by atoms with van der Waals surface area (Å²) < 4.78 is 1.55. The summed E-state index contributed by atoms with van der Waals surface area (Å²) in [6.07, 6.45) is 11.0. The molecule has 0 radical (unpaired) electrons. The van der Waals surface area contributed by atoms with Crippen molar-refractivity contribution in [2.24, 2.45) is 23.2 Å². The molecule has 6 nitrogen and oxygen atoms in total. The van der Waals surface area contributed by atoms with Gasteiger partial charge in [0.15, 0.2) is 0 Å². The van der Waals surface area contributed by atoms with E-state index in [2.05, 4.69) is 17.3 Å². The lowest BCUT2D eigenvalue weighted by atomic mass is 9.47. The minimum atomic E-state index is -0.708. The molecule has 5 aliphatic carbocycles. The monoisotopic (exact) mass is 419 g/mol. The van der Waals surface area contributed by atoms with Crippen molar-refractivity contribution in [3.63, 3.8) is 0 Å². The Hall–Kier alpha value is -1.56. The van der Waals surface area contributed by atoms with Crippen LogP contribution in [0.5, 0.6) is 0 Å². The molecule has 2 unspecified atom stereocenters. The molecule has 5 aliphatic rings. The molecule has 7 heteroatoms. The van der Waals surface area contributed by atoms with Crippen LogP contribution in [-0.2, 0) is 10.3 Å². The van der Waals surface area contributed by atoms with Crippen molar-refractivity contribution in [1.29, 1.82) is 0 Å². The zero-order valence-corrected chi connectivity index (χ0v) is 17.7. The average Bonchev–Trinajstić information content (AvgIpc) is 2.66. The molecule has 29 heavy (non-hydrogen) atoms. The lowest BCUT2D eigenvalue weighted by Crippen LogP contribution is -2.61. The number of carbonyl (C=O) groups is 1. The van der Waals surface area contributed by atoms with Gasteiger partial charge in [-0.3, -0.25) is 9.59 Å². The maximum atomic E-state index is 13.3. The van der Waals surface area contributed by atoms with Crippen LogP contribution in [0.2, 0.25) is 5.02 Å². The number of nitrogens with zero attached hydrogens (tertiary/aromatic N) is 2. The Kier molecular flexibility index (Phi) is 4.50. The minimum absolute atomic E-state index is 0.193. The third-order valence-electron chi connectivity index (χ3n) is 8.23. The van der Waals surface area contributed by atoms with Gasteiger partial charge in [0.05, 0.1) is 22.8 Å². The molecular weight excluding hydrogens is 390 g/mol. The largest absolute Gasteiger partial charge is 0.481 e. The van der Waals surface area contributed by atoms with Crippen LogP contribution in [0.3, 0.4) is 0 Å². The van der Waals surface area contributed by atoms with Crippen LogP contribution in [0.4, 0.5) is 5.69 Å². The summed E-state index contributed by atoms with van der Waals surface area (Å²) >= 11 is 6.53. The zero-order valence-electron chi connectivity index (χ0n) is 17.0. The number of carboxylic acid groups (broad SMARTS) is 1. The van der Waals surface area contributed by atoms with E-state index in [-0.39, 0.29) is 10.6 Å². The first-order valence-corrected chi connectivity index (χ1v) is 11.5. The van der Waals surface area contributed by atoms with Gasteiger partial charge >= 0.3 is 5.97 Å². The van der Waals surface area contributed by atoms with Crippen molar-refractivity contribution in [2.45, 2.75) is 82.7 Å². The predicted octanol–water partition coefficient (Wildman–Crippen LogP) is 4.27. The second kappa shape index (κ2) is 6.73. The predicted molar refractivity (Wildman–Crippen MR) is 111 cm³/mol. The maximum absolute atomic E-state index is 13.3. The lowest BCUT2D eigenvalue weighted by molar-refractivity contribution is -0.173. The Morgan fingerprint density at radius 2 is 1.86 bits per heavy atom. The Morgan fingerprint density at radius 1 is 1.21 bits per heavy atom. The van der Waals surface area contributed by atoms with Crippen LogP contribution in [0, 0.1) is 23.2 Å². The van der Waals surface area contributed by atoms with Gasteiger partial charge in [-0.15, -0.1) is 0 Å². The number of hydrogen-bond donors (Lipinski definition) is 2. The lowest BCUT2D eigenvalue weighted by Gasteiger charge is -2.60. The van der Waals surface area contributed by atoms with Crippen molar-refractivity contribution >= 4 is 23.3 Å². The summed E-state index contributed by atoms with van der Waals surface area (Å²) in [4.78, 5) is 25.4. The molecule has 0 aromatic carbocycles. The van der Waals surface area contributed by atoms with Gasteiger partial charge in [-0.2, -0.15) is 5.10 Å². The number of anilines is 1. The topological polar surface area (TPSA) is 84.2 Å². The Balaban J connectivity index is 1.45. The van der Waals surface area contributed by atoms with E-state index in [1.165, 1.54) is 12.8 Å². The number of aliphatic carboxylic acids is 1. The molecule has 2 atom stereocenters. The summed E-state index contributed by atoms with van der Waals surface area (Å²) in [5.74, 6) is 0.774. The van der Waals surface area contributed by atoms with Crippen molar-refractivity contribution < 1.29 is 9.90 Å². The number of aromatic nitrogens is 2. The molecule has 0 spiro atoms. The first-order valence-electron chi connectivity index (χ1n) is 11.1. The third kappa shape index (κ3) is 3.09. The Morgan fingerprint density at radius 3 is 2.48 bits per heavy atom. The van der Waals surface area contributed by atoms with Crippen LogP contribution in [0.15, 0.2) is 11.0 Å². The van der Waals surface area contributed by atoms with Crippen molar-refractivity contribution in [3.05, 3.63) is 21.6 Å². The number of hydrogen-bond acceptors (Lipinski definition) is 4. The van der Waals surface area contributed by atoms with Crippen molar-refractivity contribution in [2.75, 3.05) is 5.32 Å². The van der Waals surface area contributed by atoms with Gasteiger partial charge < -0.3 is 10.4 Å². The summed E-state index contributed by atoms with van der Waals surface area (Å²) in [7, 11) is 0. The SMILES string of the molecule is CC1CCC(Nc2cnn(C34CC5CC(CC(C(=O)O)(C5)C3)C4)c(=O)c2Cl)CC1. The molecule has 1 aromatic heterocycles. The van der Waals surface area contributed by atoms with Crippen LogP contribution in [-0.4, -0.2) is 26.9 Å². The molecule has 4 bridgehead atoms. The molecule has 0 aliphatic heterocycles. The second-order valence-corrected chi connectivity index (χ2v) is 10.8. The number of halogens is 1. The van der Waals surface area contributed by atoms with E-state index in [0.29, 0.717) is 30.0 Å². The van der Waals surface area contributed by atoms with Crippen LogP contribution in [0.25, 0.3) is 0 Å². The summed E-state index contributed by atoms with van der Waals surface area (Å²) in [5.41, 5.74) is -0.858. The molecular formula is C22H30ClN3O3. The highest BCUT2D eigenvalue weighted by Gasteiger charge is 2.62. The minimum Gasteiger partial charge on any atom is -0.481 e. The molecule has 158 valence electrons. The van der Waals surface area contributed by atoms with Crippen molar-refractivity contribution in [1.82, 2.24) is 9.78 Å². The van der Waals surface area contributed by atoms with Gasteiger partial charge in [0.25, 0.3) is 5.56 Å². The first-order chi connectivity index (χ1) is 13.8. The van der Waals surface area contributed by atoms with E-state index in [1.807, 2.05) is 0 Å². The van der Waals surface area contributed by atoms with Gasteiger partial charge in [0.2, 0.25) is 0 Å². The molecule has 1 aromatic rings. The summed E-state index contributed by atoms with van der Waals surface area (Å²) in [5, 5.41) is 18.2. The highest BCUT2D eigenvalue weighted by Crippen LogP contribution is 2.63. The highest BCUT2D eigenvalue weighted by atomic mass is 35.5. The fourth-order valence-electron chi connectivity index (χ4n) is 7.21. The number of rotatable bonds is 4. The molecule has 0 saturated heterocycles. The number of carboxylic acids is 1. The van der Waals surface area contributed by atoms with E-state index in [0.717, 1.165) is 50.9 Å². The molecule has 1 heterocycles. The van der Waals surface area contributed by atoms with Gasteiger partial charge in [-0.1, -0.05) is 18.5 Å². The zero-order chi connectivity index (χ0) is 20.4. The first kappa shape index (κ1) is 19.4. The maximum Gasteiger partial charge on any atom is 0.309 e. The molecule has 2 N–H and O–H groups in total. The van der Waals surface area contributed by atoms with E-state index in [9.17, 15) is 14.7 Å². The van der Waals surface area contributed by atoms with Crippen molar-refractivity contribution in [3.8, 4) is 0 Å². The van der Waals surface area contributed by atoms with Crippen LogP contribution >= 0.6 is 11.6 Å². The van der Waals surface area contributed by atoms with E-state index in [4.69, 9.17) is 11.6 Å². The average molecular weight is 420 g/mol. The quantitative estimate of drug-likeness (QED) is 0.761. The van der Waals surface area contributed by atoms with Gasteiger partial charge in [-0.25, -0.2) is 4.68 Å². The Bertz CT molecular complexity index is 876. The fourth-order valence-corrected chi connectivity index (χ4v) is 7.39.